The van der Waals surface area contributed by atoms with Crippen molar-refractivity contribution in [3.05, 3.63) is 29.3 Å². The van der Waals surface area contributed by atoms with Crippen molar-refractivity contribution in [1.29, 1.82) is 0 Å². The highest BCUT2D eigenvalue weighted by Gasteiger charge is 2.43. The first-order chi connectivity index (χ1) is 11.3. The second-order valence-corrected chi connectivity index (χ2v) is 5.81. The average molecular weight is 365 g/mol. The van der Waals surface area contributed by atoms with Gasteiger partial charge in [0.1, 0.15) is 5.75 Å². The first-order valence-electron chi connectivity index (χ1n) is 7.29. The molecule has 1 saturated heterocycles. The molecular weight excluding hydrogens is 349 g/mol. The van der Waals surface area contributed by atoms with Crippen LogP contribution in [0.1, 0.15) is 12.8 Å². The van der Waals surface area contributed by atoms with Crippen LogP contribution in [0.15, 0.2) is 24.3 Å². The number of hydrogen-bond donors (Lipinski definition) is 1. The van der Waals surface area contributed by atoms with E-state index in [1.165, 1.54) is 0 Å². The van der Waals surface area contributed by atoms with E-state index < -0.39 is 12.1 Å². The topological polar surface area (TPSA) is 58.6 Å². The molecule has 1 aliphatic rings. The monoisotopic (exact) mass is 364 g/mol. The lowest BCUT2D eigenvalue weighted by Crippen LogP contribution is -2.50. The number of amides is 2. The highest BCUT2D eigenvalue weighted by atomic mass is 35.5. The van der Waals surface area contributed by atoms with Gasteiger partial charge in [0, 0.05) is 24.2 Å². The van der Waals surface area contributed by atoms with Crippen molar-refractivity contribution in [2.75, 3.05) is 19.7 Å². The number of alkyl halides is 3. The maximum Gasteiger partial charge on any atom is 0.471 e. The highest BCUT2D eigenvalue weighted by molar-refractivity contribution is 6.30. The van der Waals surface area contributed by atoms with Gasteiger partial charge in [0.25, 0.3) is 5.91 Å². The number of piperidine rings is 1. The summed E-state index contributed by atoms with van der Waals surface area (Å²) in [5, 5.41) is 3.24. The van der Waals surface area contributed by atoms with E-state index in [-0.39, 0.29) is 44.5 Å². The van der Waals surface area contributed by atoms with Crippen LogP contribution < -0.4 is 10.1 Å². The molecular formula is C15H16ClF3N2O3. The van der Waals surface area contributed by atoms with E-state index in [9.17, 15) is 22.8 Å². The minimum atomic E-state index is -4.86. The molecule has 1 fully saturated rings. The maximum absolute atomic E-state index is 12.3. The van der Waals surface area contributed by atoms with Crippen molar-refractivity contribution in [1.82, 2.24) is 10.2 Å². The largest absolute Gasteiger partial charge is 0.484 e. The van der Waals surface area contributed by atoms with Crippen molar-refractivity contribution in [3.63, 3.8) is 0 Å². The second kappa shape index (κ2) is 7.74. The van der Waals surface area contributed by atoms with E-state index in [1.807, 2.05) is 0 Å². The third-order valence-corrected chi connectivity index (χ3v) is 3.83. The standard InChI is InChI=1S/C15H16ClF3N2O3/c16-10-1-3-12(4-2-10)24-9-13(22)20-11-5-7-21(8-6-11)14(23)15(17,18)19/h1-4,11H,5-9H2,(H,20,22). The quantitative estimate of drug-likeness (QED) is 0.892. The van der Waals surface area contributed by atoms with Crippen molar-refractivity contribution in [3.8, 4) is 5.75 Å². The Labute approximate surface area is 141 Å². The van der Waals surface area contributed by atoms with E-state index in [0.717, 1.165) is 4.90 Å². The Morgan fingerprint density at radius 2 is 1.79 bits per heavy atom. The van der Waals surface area contributed by atoms with Gasteiger partial charge in [-0.15, -0.1) is 0 Å². The summed E-state index contributed by atoms with van der Waals surface area (Å²) in [6.07, 6.45) is -4.31. The fourth-order valence-corrected chi connectivity index (χ4v) is 2.48. The molecule has 0 bridgehead atoms. The Balaban J connectivity index is 1.72. The van der Waals surface area contributed by atoms with Gasteiger partial charge < -0.3 is 15.0 Å². The molecule has 0 unspecified atom stereocenters. The van der Waals surface area contributed by atoms with Gasteiger partial charge in [0.15, 0.2) is 6.61 Å². The molecule has 1 aromatic carbocycles. The SMILES string of the molecule is O=C(COc1ccc(Cl)cc1)NC1CCN(C(=O)C(F)(F)F)CC1. The number of nitrogens with zero attached hydrogens (tertiary/aromatic N) is 1. The predicted molar refractivity (Wildman–Crippen MR) is 80.7 cm³/mol. The van der Waals surface area contributed by atoms with Gasteiger partial charge in [-0.05, 0) is 37.1 Å². The Kier molecular flexibility index (Phi) is 5.93. The third kappa shape index (κ3) is 5.30. The zero-order valence-corrected chi connectivity index (χ0v) is 13.4. The molecule has 2 amide bonds. The minimum Gasteiger partial charge on any atom is -0.484 e. The predicted octanol–water partition coefficient (Wildman–Crippen LogP) is 2.39. The van der Waals surface area contributed by atoms with E-state index >= 15 is 0 Å². The number of carbonyl (C=O) groups is 2. The summed E-state index contributed by atoms with van der Waals surface area (Å²) in [4.78, 5) is 23.7. The number of carbonyl (C=O) groups excluding carboxylic acids is 2. The van der Waals surface area contributed by atoms with Gasteiger partial charge in [-0.3, -0.25) is 9.59 Å². The zero-order valence-electron chi connectivity index (χ0n) is 12.6. The molecule has 0 atom stereocenters. The van der Waals surface area contributed by atoms with Crippen LogP contribution in [-0.4, -0.2) is 48.6 Å². The Bertz CT molecular complexity index is 585. The smallest absolute Gasteiger partial charge is 0.471 e. The first-order valence-corrected chi connectivity index (χ1v) is 7.67. The summed E-state index contributed by atoms with van der Waals surface area (Å²) in [7, 11) is 0. The molecule has 0 radical (unpaired) electrons. The number of nitrogens with one attached hydrogen (secondary N) is 1. The Morgan fingerprint density at radius 1 is 1.21 bits per heavy atom. The fraction of sp³-hybridized carbons (Fsp3) is 0.467. The molecule has 24 heavy (non-hydrogen) atoms. The number of benzene rings is 1. The van der Waals surface area contributed by atoms with E-state index in [4.69, 9.17) is 16.3 Å². The summed E-state index contributed by atoms with van der Waals surface area (Å²) < 4.78 is 42.3. The first kappa shape index (κ1) is 18.4. The molecule has 1 N–H and O–H groups in total. The molecule has 1 aromatic rings. The van der Waals surface area contributed by atoms with E-state index in [2.05, 4.69) is 5.32 Å². The van der Waals surface area contributed by atoms with Crippen molar-refractivity contribution >= 4 is 23.4 Å². The molecule has 1 aliphatic heterocycles. The van der Waals surface area contributed by atoms with Crippen LogP contribution in [0.4, 0.5) is 13.2 Å². The molecule has 0 aliphatic carbocycles. The average Bonchev–Trinajstić information content (AvgIpc) is 2.53. The molecule has 132 valence electrons. The summed E-state index contributed by atoms with van der Waals surface area (Å²) in [6, 6.07) is 6.22. The van der Waals surface area contributed by atoms with E-state index in [1.54, 1.807) is 24.3 Å². The van der Waals surface area contributed by atoms with Crippen molar-refractivity contribution < 1.29 is 27.5 Å². The summed E-state index contributed by atoms with van der Waals surface area (Å²) in [5.74, 6) is -1.72. The lowest BCUT2D eigenvalue weighted by Gasteiger charge is -2.32. The van der Waals surface area contributed by atoms with Crippen LogP contribution >= 0.6 is 11.6 Å². The molecule has 2 rings (SSSR count). The van der Waals surface area contributed by atoms with Gasteiger partial charge in [0.2, 0.25) is 0 Å². The molecule has 0 spiro atoms. The number of rotatable bonds is 4. The fourth-order valence-electron chi connectivity index (χ4n) is 2.36. The number of ether oxygens (including phenoxy) is 1. The van der Waals surface area contributed by atoms with E-state index in [0.29, 0.717) is 10.8 Å². The lowest BCUT2D eigenvalue weighted by atomic mass is 10.0. The zero-order chi connectivity index (χ0) is 17.7. The highest BCUT2D eigenvalue weighted by Crippen LogP contribution is 2.21. The van der Waals surface area contributed by atoms with Crippen molar-refractivity contribution in [2.24, 2.45) is 0 Å². The number of halogens is 4. The normalized spacial score (nSPS) is 15.9. The minimum absolute atomic E-state index is 0.0403. The van der Waals surface area contributed by atoms with Gasteiger partial charge in [0.05, 0.1) is 0 Å². The van der Waals surface area contributed by atoms with Gasteiger partial charge in [-0.25, -0.2) is 0 Å². The Hall–Kier alpha value is -1.96. The third-order valence-electron chi connectivity index (χ3n) is 3.57. The molecule has 9 heteroatoms. The number of likely N-dealkylation sites (tertiary alicyclic amines) is 1. The van der Waals surface area contributed by atoms with Gasteiger partial charge >= 0.3 is 12.1 Å². The van der Waals surface area contributed by atoms with Crippen LogP contribution in [0.25, 0.3) is 0 Å². The van der Waals surface area contributed by atoms with Crippen molar-refractivity contribution in [2.45, 2.75) is 25.1 Å². The Morgan fingerprint density at radius 3 is 2.33 bits per heavy atom. The molecule has 1 heterocycles. The summed E-state index contributed by atoms with van der Waals surface area (Å²) in [5.41, 5.74) is 0. The number of hydrogen-bond acceptors (Lipinski definition) is 3. The molecule has 0 aromatic heterocycles. The van der Waals surface area contributed by atoms with Crippen LogP contribution in [0.3, 0.4) is 0 Å². The maximum atomic E-state index is 12.3. The van der Waals surface area contributed by atoms with Gasteiger partial charge in [-0.1, -0.05) is 11.6 Å². The van der Waals surface area contributed by atoms with Crippen LogP contribution in [0.5, 0.6) is 5.75 Å². The second-order valence-electron chi connectivity index (χ2n) is 5.37. The molecule has 5 nitrogen and oxygen atoms in total. The summed E-state index contributed by atoms with van der Waals surface area (Å²) in [6.45, 7) is -0.286. The van der Waals surface area contributed by atoms with Crippen LogP contribution in [0.2, 0.25) is 5.02 Å². The van der Waals surface area contributed by atoms with Crippen LogP contribution in [0, 0.1) is 0 Å². The lowest BCUT2D eigenvalue weighted by molar-refractivity contribution is -0.186. The summed E-state index contributed by atoms with van der Waals surface area (Å²) >= 11 is 5.73. The van der Waals surface area contributed by atoms with Gasteiger partial charge in [-0.2, -0.15) is 13.2 Å². The van der Waals surface area contributed by atoms with Crippen LogP contribution in [-0.2, 0) is 9.59 Å². The molecule has 0 saturated carbocycles.